The summed E-state index contributed by atoms with van der Waals surface area (Å²) in [5.41, 5.74) is 7.78. The van der Waals surface area contributed by atoms with Gasteiger partial charge >= 0.3 is 0 Å². The third-order valence-corrected chi connectivity index (χ3v) is 5.95. The molecule has 1 saturated heterocycles. The zero-order valence-corrected chi connectivity index (χ0v) is 12.6. The van der Waals surface area contributed by atoms with Crippen molar-refractivity contribution in [2.24, 2.45) is 5.73 Å². The van der Waals surface area contributed by atoms with E-state index in [0.29, 0.717) is 11.4 Å². The van der Waals surface area contributed by atoms with Crippen LogP contribution in [-0.4, -0.2) is 31.4 Å². The average Bonchev–Trinajstić information content (AvgIpc) is 2.27. The lowest BCUT2D eigenvalue weighted by atomic mass is 10.0. The molecule has 1 aliphatic heterocycles. The largest absolute Gasteiger partial charge is 0.328 e. The normalized spacial score (nSPS) is 25.5. The fourth-order valence-corrected chi connectivity index (χ4v) is 4.62. The molecule has 4 nitrogen and oxygen atoms in total. The van der Waals surface area contributed by atoms with E-state index >= 15 is 0 Å². The van der Waals surface area contributed by atoms with Gasteiger partial charge in [0.2, 0.25) is 10.0 Å². The van der Waals surface area contributed by atoms with Crippen LogP contribution in [0.4, 0.5) is 0 Å². The molecule has 1 aromatic rings. The second kappa shape index (κ2) is 5.23. The van der Waals surface area contributed by atoms with Crippen LogP contribution >= 0.6 is 0 Å². The SMILES string of the molecule is Cc1ccc(S(=O)(=O)N2CC[C@@H](N)C[C@H]2C)c(C)c1. The first kappa shape index (κ1) is 14.5. The van der Waals surface area contributed by atoms with Gasteiger partial charge in [-0.3, -0.25) is 0 Å². The summed E-state index contributed by atoms with van der Waals surface area (Å²) in [6, 6.07) is 5.55. The Hall–Kier alpha value is -0.910. The minimum Gasteiger partial charge on any atom is -0.328 e. The minimum absolute atomic E-state index is 0.0329. The van der Waals surface area contributed by atoms with Crippen LogP contribution < -0.4 is 5.73 Å². The van der Waals surface area contributed by atoms with Crippen molar-refractivity contribution in [2.75, 3.05) is 6.54 Å². The molecule has 106 valence electrons. The van der Waals surface area contributed by atoms with E-state index in [1.54, 1.807) is 10.4 Å². The Morgan fingerprint density at radius 1 is 1.32 bits per heavy atom. The maximum absolute atomic E-state index is 12.7. The van der Waals surface area contributed by atoms with Crippen molar-refractivity contribution in [1.82, 2.24) is 4.31 Å². The Balaban J connectivity index is 2.37. The van der Waals surface area contributed by atoms with Gasteiger partial charge in [-0.05, 0) is 45.2 Å². The van der Waals surface area contributed by atoms with E-state index in [1.807, 2.05) is 32.9 Å². The first-order valence-corrected chi connectivity index (χ1v) is 8.11. The summed E-state index contributed by atoms with van der Waals surface area (Å²) in [6.45, 7) is 6.25. The van der Waals surface area contributed by atoms with Gasteiger partial charge < -0.3 is 5.73 Å². The van der Waals surface area contributed by atoms with E-state index in [1.165, 1.54) is 0 Å². The van der Waals surface area contributed by atoms with Crippen LogP contribution in [0.1, 0.15) is 30.9 Å². The Kier molecular flexibility index (Phi) is 3.99. The van der Waals surface area contributed by atoms with Gasteiger partial charge in [0.15, 0.2) is 0 Å². The molecule has 1 aliphatic rings. The maximum Gasteiger partial charge on any atom is 0.243 e. The van der Waals surface area contributed by atoms with Crippen LogP contribution in [0.25, 0.3) is 0 Å². The van der Waals surface area contributed by atoms with Gasteiger partial charge in [0, 0.05) is 18.6 Å². The molecule has 0 amide bonds. The molecule has 0 spiro atoms. The first-order valence-electron chi connectivity index (χ1n) is 6.67. The van der Waals surface area contributed by atoms with Crippen LogP contribution in [0.5, 0.6) is 0 Å². The van der Waals surface area contributed by atoms with Gasteiger partial charge in [0.05, 0.1) is 4.90 Å². The number of piperidine rings is 1. The summed E-state index contributed by atoms with van der Waals surface area (Å²) < 4.78 is 27.0. The molecule has 2 atom stereocenters. The molecule has 0 aromatic heterocycles. The summed E-state index contributed by atoms with van der Waals surface area (Å²) in [4.78, 5) is 0.417. The maximum atomic E-state index is 12.7. The van der Waals surface area contributed by atoms with Gasteiger partial charge in [-0.1, -0.05) is 17.7 Å². The standard InChI is InChI=1S/C14H22N2O2S/c1-10-4-5-14(11(2)8-10)19(17,18)16-7-6-13(15)9-12(16)3/h4-5,8,12-13H,6-7,9,15H2,1-3H3/t12-,13-/m1/s1. The second-order valence-electron chi connectivity index (χ2n) is 5.52. The predicted octanol–water partition coefficient (Wildman–Crippen LogP) is 1.80. The van der Waals surface area contributed by atoms with E-state index in [9.17, 15) is 8.42 Å². The van der Waals surface area contributed by atoms with Crippen molar-refractivity contribution >= 4 is 10.0 Å². The first-order chi connectivity index (χ1) is 8.82. The number of rotatable bonds is 2. The molecule has 0 aliphatic carbocycles. The summed E-state index contributed by atoms with van der Waals surface area (Å²) >= 11 is 0. The van der Waals surface area contributed by atoms with Crippen molar-refractivity contribution in [2.45, 2.75) is 50.6 Å². The van der Waals surface area contributed by atoms with E-state index < -0.39 is 10.0 Å². The average molecular weight is 282 g/mol. The third-order valence-electron chi connectivity index (χ3n) is 3.77. The van der Waals surface area contributed by atoms with Gasteiger partial charge in [0.1, 0.15) is 0 Å². The number of hydrogen-bond acceptors (Lipinski definition) is 3. The Labute approximate surface area is 115 Å². The van der Waals surface area contributed by atoms with Crippen LogP contribution in [-0.2, 0) is 10.0 Å². The molecule has 19 heavy (non-hydrogen) atoms. The van der Waals surface area contributed by atoms with Crippen LogP contribution in [0, 0.1) is 13.8 Å². The highest BCUT2D eigenvalue weighted by Gasteiger charge is 2.34. The Bertz CT molecular complexity index is 569. The number of benzene rings is 1. The molecule has 0 unspecified atom stereocenters. The van der Waals surface area contributed by atoms with E-state index in [0.717, 1.165) is 24.0 Å². The number of aryl methyl sites for hydroxylation is 2. The molecular weight excluding hydrogens is 260 g/mol. The molecule has 0 bridgehead atoms. The van der Waals surface area contributed by atoms with Crippen molar-refractivity contribution in [1.29, 1.82) is 0 Å². The number of sulfonamides is 1. The zero-order valence-electron chi connectivity index (χ0n) is 11.8. The molecule has 1 aromatic carbocycles. The fourth-order valence-electron chi connectivity index (χ4n) is 2.76. The lowest BCUT2D eigenvalue weighted by Crippen LogP contribution is -2.48. The smallest absolute Gasteiger partial charge is 0.243 e. The monoisotopic (exact) mass is 282 g/mol. The fraction of sp³-hybridized carbons (Fsp3) is 0.571. The third kappa shape index (κ3) is 2.83. The van der Waals surface area contributed by atoms with Crippen molar-refractivity contribution in [3.05, 3.63) is 29.3 Å². The molecule has 0 saturated carbocycles. The van der Waals surface area contributed by atoms with Crippen LogP contribution in [0.2, 0.25) is 0 Å². The second-order valence-corrected chi connectivity index (χ2v) is 7.38. The van der Waals surface area contributed by atoms with Crippen LogP contribution in [0.3, 0.4) is 0 Å². The lowest BCUT2D eigenvalue weighted by molar-refractivity contribution is 0.247. The molecule has 0 radical (unpaired) electrons. The summed E-state index contributed by atoms with van der Waals surface area (Å²) in [5.74, 6) is 0. The topological polar surface area (TPSA) is 63.4 Å². The highest BCUT2D eigenvalue weighted by molar-refractivity contribution is 7.89. The molecular formula is C14H22N2O2S. The number of nitrogens with zero attached hydrogens (tertiary/aromatic N) is 1. The predicted molar refractivity (Wildman–Crippen MR) is 76.5 cm³/mol. The van der Waals surface area contributed by atoms with E-state index in [-0.39, 0.29) is 12.1 Å². The van der Waals surface area contributed by atoms with E-state index in [2.05, 4.69) is 0 Å². The molecule has 2 N–H and O–H groups in total. The summed E-state index contributed by atoms with van der Waals surface area (Å²) in [5, 5.41) is 0. The Morgan fingerprint density at radius 3 is 2.58 bits per heavy atom. The van der Waals surface area contributed by atoms with Crippen molar-refractivity contribution < 1.29 is 8.42 Å². The lowest BCUT2D eigenvalue weighted by Gasteiger charge is -2.35. The summed E-state index contributed by atoms with van der Waals surface area (Å²) in [7, 11) is -3.40. The number of hydrogen-bond donors (Lipinski definition) is 1. The molecule has 1 fully saturated rings. The highest BCUT2D eigenvalue weighted by atomic mass is 32.2. The zero-order chi connectivity index (χ0) is 14.2. The molecule has 2 rings (SSSR count). The van der Waals surface area contributed by atoms with Crippen LogP contribution in [0.15, 0.2) is 23.1 Å². The van der Waals surface area contributed by atoms with Crippen molar-refractivity contribution in [3.63, 3.8) is 0 Å². The van der Waals surface area contributed by atoms with Crippen molar-refractivity contribution in [3.8, 4) is 0 Å². The van der Waals surface area contributed by atoms with Gasteiger partial charge in [-0.15, -0.1) is 0 Å². The summed E-state index contributed by atoms with van der Waals surface area (Å²) in [6.07, 6.45) is 1.46. The molecule has 5 heteroatoms. The Morgan fingerprint density at radius 2 is 2.00 bits per heavy atom. The van der Waals surface area contributed by atoms with Gasteiger partial charge in [0.25, 0.3) is 0 Å². The van der Waals surface area contributed by atoms with Gasteiger partial charge in [-0.25, -0.2) is 8.42 Å². The highest BCUT2D eigenvalue weighted by Crippen LogP contribution is 2.27. The number of nitrogens with two attached hydrogens (primary N) is 1. The quantitative estimate of drug-likeness (QED) is 0.899. The van der Waals surface area contributed by atoms with E-state index in [4.69, 9.17) is 5.73 Å². The van der Waals surface area contributed by atoms with Gasteiger partial charge in [-0.2, -0.15) is 4.31 Å². The molecule has 1 heterocycles. The minimum atomic E-state index is -3.40.